The molecule has 0 spiro atoms. The molecular weight excluding hydrogens is 408 g/mol. The molecule has 0 bridgehead atoms. The third-order valence-corrected chi connectivity index (χ3v) is 5.70. The predicted molar refractivity (Wildman–Crippen MR) is 124 cm³/mol. The number of aromatic nitrogens is 1. The molecule has 6 heteroatoms. The van der Waals surface area contributed by atoms with Crippen molar-refractivity contribution in [2.75, 3.05) is 19.5 Å². The van der Waals surface area contributed by atoms with Gasteiger partial charge in [-0.2, -0.15) is 0 Å². The Kier molecular flexibility index (Phi) is 6.29. The highest BCUT2D eigenvalue weighted by atomic mass is 32.1. The van der Waals surface area contributed by atoms with E-state index in [9.17, 15) is 4.79 Å². The van der Waals surface area contributed by atoms with Crippen LogP contribution in [0.25, 0.3) is 11.3 Å². The van der Waals surface area contributed by atoms with Crippen LogP contribution in [0.1, 0.15) is 17.0 Å². The number of methoxy groups -OCH3 is 2. The SMILES string of the molecule is COc1ccc(-c2csc(NC(=O)C(c3ccccc3)c3ccccc3)n2)c(OC)c1. The molecule has 4 aromatic rings. The van der Waals surface area contributed by atoms with Gasteiger partial charge >= 0.3 is 0 Å². The van der Waals surface area contributed by atoms with Gasteiger partial charge in [0.2, 0.25) is 5.91 Å². The van der Waals surface area contributed by atoms with Crippen LogP contribution >= 0.6 is 11.3 Å². The molecule has 0 aliphatic heterocycles. The Hall–Kier alpha value is -3.64. The maximum absolute atomic E-state index is 13.3. The molecule has 3 aromatic carbocycles. The van der Waals surface area contributed by atoms with Gasteiger partial charge in [-0.1, -0.05) is 60.7 Å². The largest absolute Gasteiger partial charge is 0.497 e. The number of amides is 1. The van der Waals surface area contributed by atoms with Crippen molar-refractivity contribution in [2.45, 2.75) is 5.92 Å². The third-order valence-electron chi connectivity index (χ3n) is 4.95. The number of carbonyl (C=O) groups excluding carboxylic acids is 1. The molecule has 0 aliphatic carbocycles. The van der Waals surface area contributed by atoms with Crippen LogP contribution in [-0.4, -0.2) is 25.1 Å². The first-order chi connectivity index (χ1) is 15.2. The minimum Gasteiger partial charge on any atom is -0.497 e. The van der Waals surface area contributed by atoms with Gasteiger partial charge in [-0.15, -0.1) is 11.3 Å². The fourth-order valence-electron chi connectivity index (χ4n) is 3.43. The smallest absolute Gasteiger partial charge is 0.238 e. The molecule has 0 atom stereocenters. The van der Waals surface area contributed by atoms with Crippen LogP contribution in [0.2, 0.25) is 0 Å². The van der Waals surface area contributed by atoms with E-state index >= 15 is 0 Å². The van der Waals surface area contributed by atoms with E-state index in [0.29, 0.717) is 16.6 Å². The van der Waals surface area contributed by atoms with E-state index in [1.54, 1.807) is 14.2 Å². The minimum absolute atomic E-state index is 0.125. The van der Waals surface area contributed by atoms with Crippen LogP contribution in [0.15, 0.2) is 84.2 Å². The minimum atomic E-state index is -0.426. The molecule has 31 heavy (non-hydrogen) atoms. The fourth-order valence-corrected chi connectivity index (χ4v) is 4.14. The number of hydrogen-bond acceptors (Lipinski definition) is 5. The van der Waals surface area contributed by atoms with Crippen molar-refractivity contribution in [2.24, 2.45) is 0 Å². The number of thiazole rings is 1. The Bertz CT molecular complexity index is 1120. The monoisotopic (exact) mass is 430 g/mol. The predicted octanol–water partition coefficient (Wildman–Crippen LogP) is 5.60. The number of nitrogens with one attached hydrogen (secondary N) is 1. The van der Waals surface area contributed by atoms with Gasteiger partial charge in [0.1, 0.15) is 11.5 Å². The number of hydrogen-bond donors (Lipinski definition) is 1. The summed E-state index contributed by atoms with van der Waals surface area (Å²) in [5.74, 6) is 0.817. The van der Waals surface area contributed by atoms with Gasteiger partial charge < -0.3 is 14.8 Å². The molecule has 156 valence electrons. The van der Waals surface area contributed by atoms with Gasteiger partial charge in [0.25, 0.3) is 0 Å². The van der Waals surface area contributed by atoms with Crippen LogP contribution in [-0.2, 0) is 4.79 Å². The highest BCUT2D eigenvalue weighted by Gasteiger charge is 2.23. The lowest BCUT2D eigenvalue weighted by atomic mass is 9.90. The third kappa shape index (κ3) is 4.59. The van der Waals surface area contributed by atoms with E-state index in [0.717, 1.165) is 22.4 Å². The summed E-state index contributed by atoms with van der Waals surface area (Å²) in [5.41, 5.74) is 3.43. The molecule has 1 N–H and O–H groups in total. The van der Waals surface area contributed by atoms with Crippen molar-refractivity contribution < 1.29 is 14.3 Å². The summed E-state index contributed by atoms with van der Waals surface area (Å²) in [7, 11) is 3.22. The number of anilines is 1. The summed E-state index contributed by atoms with van der Waals surface area (Å²) in [6.07, 6.45) is 0. The first-order valence-corrected chi connectivity index (χ1v) is 10.7. The van der Waals surface area contributed by atoms with Crippen molar-refractivity contribution in [3.05, 3.63) is 95.4 Å². The van der Waals surface area contributed by atoms with Crippen molar-refractivity contribution in [3.8, 4) is 22.8 Å². The summed E-state index contributed by atoms with van der Waals surface area (Å²) in [4.78, 5) is 17.9. The number of rotatable bonds is 7. The standard InChI is InChI=1S/C25H22N2O3S/c1-29-19-13-14-20(22(15-19)30-2)21-16-31-25(26-21)27-24(28)23(17-9-5-3-6-10-17)18-11-7-4-8-12-18/h3-16,23H,1-2H3,(H,26,27,28). The highest BCUT2D eigenvalue weighted by molar-refractivity contribution is 7.14. The molecule has 0 saturated carbocycles. The second kappa shape index (κ2) is 9.45. The summed E-state index contributed by atoms with van der Waals surface area (Å²) in [6, 6.07) is 25.1. The maximum atomic E-state index is 13.3. The average molecular weight is 431 g/mol. The molecule has 0 saturated heterocycles. The molecule has 1 amide bonds. The first kappa shape index (κ1) is 20.6. The molecule has 0 unspecified atom stereocenters. The van der Waals surface area contributed by atoms with Gasteiger partial charge in [-0.3, -0.25) is 4.79 Å². The lowest BCUT2D eigenvalue weighted by Gasteiger charge is -2.17. The molecule has 1 aromatic heterocycles. The van der Waals surface area contributed by atoms with Crippen LogP contribution in [0.4, 0.5) is 5.13 Å². The fraction of sp³-hybridized carbons (Fsp3) is 0.120. The van der Waals surface area contributed by atoms with Gasteiger partial charge in [-0.05, 0) is 23.3 Å². The van der Waals surface area contributed by atoms with Crippen LogP contribution in [0, 0.1) is 0 Å². The quantitative estimate of drug-likeness (QED) is 0.415. The van der Waals surface area contributed by atoms with Gasteiger partial charge in [-0.25, -0.2) is 4.98 Å². The first-order valence-electron chi connectivity index (χ1n) is 9.78. The Balaban J connectivity index is 1.61. The highest BCUT2D eigenvalue weighted by Crippen LogP contribution is 2.35. The van der Waals surface area contributed by atoms with Crippen LogP contribution in [0.3, 0.4) is 0 Å². The molecule has 0 fully saturated rings. The number of carbonyl (C=O) groups is 1. The molecule has 4 rings (SSSR count). The molecular formula is C25H22N2O3S. The topological polar surface area (TPSA) is 60.5 Å². The Morgan fingerprint density at radius 2 is 1.55 bits per heavy atom. The molecule has 0 aliphatic rings. The summed E-state index contributed by atoms with van der Waals surface area (Å²) in [6.45, 7) is 0. The molecule has 0 radical (unpaired) electrons. The number of nitrogens with zero attached hydrogens (tertiary/aromatic N) is 1. The summed E-state index contributed by atoms with van der Waals surface area (Å²) < 4.78 is 10.7. The zero-order valence-electron chi connectivity index (χ0n) is 17.2. The number of ether oxygens (including phenoxy) is 2. The van der Waals surface area contributed by atoms with Gasteiger partial charge in [0, 0.05) is 17.0 Å². The van der Waals surface area contributed by atoms with Crippen molar-refractivity contribution in [3.63, 3.8) is 0 Å². The second-order valence-corrected chi connectivity index (χ2v) is 7.71. The summed E-state index contributed by atoms with van der Waals surface area (Å²) >= 11 is 1.38. The Labute approximate surface area is 185 Å². The van der Waals surface area contributed by atoms with Gasteiger partial charge in [0.15, 0.2) is 5.13 Å². The van der Waals surface area contributed by atoms with E-state index in [4.69, 9.17) is 9.47 Å². The Morgan fingerprint density at radius 3 is 2.13 bits per heavy atom. The number of benzene rings is 3. The molecule has 5 nitrogen and oxygen atoms in total. The zero-order chi connectivity index (χ0) is 21.6. The normalized spacial score (nSPS) is 10.7. The van der Waals surface area contributed by atoms with Crippen LogP contribution in [0.5, 0.6) is 11.5 Å². The van der Waals surface area contributed by atoms with E-state index in [-0.39, 0.29) is 5.91 Å². The van der Waals surface area contributed by atoms with Crippen molar-refractivity contribution >= 4 is 22.4 Å². The zero-order valence-corrected chi connectivity index (χ0v) is 18.1. The van der Waals surface area contributed by atoms with E-state index in [1.165, 1.54) is 11.3 Å². The van der Waals surface area contributed by atoms with Crippen molar-refractivity contribution in [1.82, 2.24) is 4.98 Å². The average Bonchev–Trinajstić information content (AvgIpc) is 3.28. The lowest BCUT2D eigenvalue weighted by molar-refractivity contribution is -0.116. The van der Waals surface area contributed by atoms with Crippen molar-refractivity contribution in [1.29, 1.82) is 0 Å². The Morgan fingerprint density at radius 1 is 0.903 bits per heavy atom. The summed E-state index contributed by atoms with van der Waals surface area (Å²) in [5, 5.41) is 5.43. The van der Waals surface area contributed by atoms with Crippen LogP contribution < -0.4 is 14.8 Å². The lowest BCUT2D eigenvalue weighted by Crippen LogP contribution is -2.22. The second-order valence-electron chi connectivity index (χ2n) is 6.85. The van der Waals surface area contributed by atoms with E-state index in [2.05, 4.69) is 10.3 Å². The van der Waals surface area contributed by atoms with Gasteiger partial charge in [0.05, 0.1) is 25.8 Å². The van der Waals surface area contributed by atoms with E-state index in [1.807, 2.05) is 84.2 Å². The van der Waals surface area contributed by atoms with E-state index < -0.39 is 5.92 Å². The molecule has 1 heterocycles. The maximum Gasteiger partial charge on any atom is 0.238 e.